The van der Waals surface area contributed by atoms with Crippen molar-refractivity contribution in [1.82, 2.24) is 4.90 Å². The summed E-state index contributed by atoms with van der Waals surface area (Å²) in [7, 11) is 0. The Morgan fingerprint density at radius 1 is 1.60 bits per heavy atom. The highest BCUT2D eigenvalue weighted by molar-refractivity contribution is 7.14. The Kier molecular flexibility index (Phi) is 3.54. The molecule has 1 amide bonds. The van der Waals surface area contributed by atoms with Gasteiger partial charge in [-0.25, -0.2) is 0 Å². The molecular formula is C10H11Cl2NOS. The topological polar surface area (TPSA) is 20.3 Å². The van der Waals surface area contributed by atoms with Crippen molar-refractivity contribution in [3.63, 3.8) is 0 Å². The molecule has 0 bridgehead atoms. The second-order valence-corrected chi connectivity index (χ2v) is 5.79. The zero-order valence-corrected chi connectivity index (χ0v) is 10.4. The number of amides is 1. The molecule has 1 saturated heterocycles. The maximum Gasteiger partial charge on any atom is 0.254 e. The van der Waals surface area contributed by atoms with E-state index in [4.69, 9.17) is 23.2 Å². The number of hydrogen-bond acceptors (Lipinski definition) is 2. The van der Waals surface area contributed by atoms with Crippen molar-refractivity contribution in [2.24, 2.45) is 0 Å². The van der Waals surface area contributed by atoms with Crippen molar-refractivity contribution in [1.29, 1.82) is 0 Å². The summed E-state index contributed by atoms with van der Waals surface area (Å²) in [6.45, 7) is 1.45. The molecule has 2 rings (SSSR count). The van der Waals surface area contributed by atoms with Gasteiger partial charge in [-0.1, -0.05) is 11.6 Å². The lowest BCUT2D eigenvalue weighted by Crippen LogP contribution is -2.40. The first-order valence-corrected chi connectivity index (χ1v) is 6.53. The largest absolute Gasteiger partial charge is 0.337 e. The predicted molar refractivity (Wildman–Crippen MR) is 64.1 cm³/mol. The zero-order valence-electron chi connectivity index (χ0n) is 8.08. The summed E-state index contributed by atoms with van der Waals surface area (Å²) in [5.74, 6) is 0.0449. The summed E-state index contributed by atoms with van der Waals surface area (Å²) in [6, 6.07) is 1.71. The summed E-state index contributed by atoms with van der Waals surface area (Å²) in [4.78, 5) is 13.8. The standard InChI is InChI=1S/C10H11Cl2NOS/c11-8-2-1-3-13(5-8)10(14)7-4-9(12)15-6-7/h4,6,8H,1-3,5H2. The van der Waals surface area contributed by atoms with Crippen LogP contribution in [0.2, 0.25) is 4.34 Å². The Labute approximate surface area is 103 Å². The monoisotopic (exact) mass is 263 g/mol. The van der Waals surface area contributed by atoms with E-state index >= 15 is 0 Å². The first-order chi connectivity index (χ1) is 7.16. The van der Waals surface area contributed by atoms with Crippen LogP contribution in [0, 0.1) is 0 Å². The molecule has 1 aromatic rings. The number of hydrogen-bond donors (Lipinski definition) is 0. The Morgan fingerprint density at radius 2 is 2.40 bits per heavy atom. The first-order valence-electron chi connectivity index (χ1n) is 4.84. The average molecular weight is 264 g/mol. The van der Waals surface area contributed by atoms with Gasteiger partial charge in [-0.15, -0.1) is 22.9 Å². The minimum Gasteiger partial charge on any atom is -0.337 e. The SMILES string of the molecule is O=C(c1csc(Cl)c1)N1CCCC(Cl)C1. The minimum absolute atomic E-state index is 0.0449. The van der Waals surface area contributed by atoms with Crippen LogP contribution in [0.1, 0.15) is 23.2 Å². The van der Waals surface area contributed by atoms with Crippen molar-refractivity contribution in [2.45, 2.75) is 18.2 Å². The first kappa shape index (κ1) is 11.2. The molecule has 5 heteroatoms. The van der Waals surface area contributed by atoms with E-state index in [0.29, 0.717) is 16.4 Å². The second-order valence-electron chi connectivity index (χ2n) is 3.63. The lowest BCUT2D eigenvalue weighted by Gasteiger charge is -2.29. The maximum atomic E-state index is 12.0. The summed E-state index contributed by atoms with van der Waals surface area (Å²) >= 11 is 13.2. The Hall–Kier alpha value is -0.250. The second kappa shape index (κ2) is 4.73. The highest BCUT2D eigenvalue weighted by Crippen LogP contribution is 2.23. The number of alkyl halides is 1. The van der Waals surface area contributed by atoms with E-state index in [1.54, 1.807) is 16.3 Å². The summed E-state index contributed by atoms with van der Waals surface area (Å²) < 4.78 is 0.651. The van der Waals surface area contributed by atoms with E-state index in [1.807, 2.05) is 0 Å². The van der Waals surface area contributed by atoms with Crippen LogP contribution in [-0.2, 0) is 0 Å². The summed E-state index contributed by atoms with van der Waals surface area (Å²) in [5, 5.41) is 1.89. The molecule has 0 saturated carbocycles. The van der Waals surface area contributed by atoms with Gasteiger partial charge < -0.3 is 4.90 Å². The van der Waals surface area contributed by atoms with E-state index in [-0.39, 0.29) is 11.3 Å². The molecule has 82 valence electrons. The fourth-order valence-electron chi connectivity index (χ4n) is 1.71. The molecule has 1 aromatic heterocycles. The Balaban J connectivity index is 2.07. The highest BCUT2D eigenvalue weighted by Gasteiger charge is 2.23. The quantitative estimate of drug-likeness (QED) is 0.713. The van der Waals surface area contributed by atoms with E-state index in [2.05, 4.69) is 0 Å². The highest BCUT2D eigenvalue weighted by atomic mass is 35.5. The molecule has 0 spiro atoms. The third kappa shape index (κ3) is 2.65. The van der Waals surface area contributed by atoms with Crippen molar-refractivity contribution in [2.75, 3.05) is 13.1 Å². The number of nitrogens with zero attached hydrogens (tertiary/aromatic N) is 1. The third-order valence-electron chi connectivity index (χ3n) is 2.47. The van der Waals surface area contributed by atoms with Gasteiger partial charge in [0.2, 0.25) is 0 Å². The van der Waals surface area contributed by atoms with Gasteiger partial charge in [0.05, 0.1) is 15.3 Å². The number of piperidine rings is 1. The molecule has 2 nitrogen and oxygen atoms in total. The van der Waals surface area contributed by atoms with E-state index < -0.39 is 0 Å². The van der Waals surface area contributed by atoms with Crippen LogP contribution in [0.5, 0.6) is 0 Å². The Bertz CT molecular complexity index is 366. The molecule has 1 atom stereocenters. The number of carbonyl (C=O) groups excluding carboxylic acids is 1. The summed E-state index contributed by atoms with van der Waals surface area (Å²) in [6.07, 6.45) is 1.98. The van der Waals surface area contributed by atoms with Crippen LogP contribution in [0.3, 0.4) is 0 Å². The van der Waals surface area contributed by atoms with Crippen LogP contribution in [-0.4, -0.2) is 29.3 Å². The Morgan fingerprint density at radius 3 is 3.00 bits per heavy atom. The molecule has 0 aliphatic carbocycles. The third-order valence-corrected chi connectivity index (χ3v) is 3.91. The minimum atomic E-state index is 0.0449. The lowest BCUT2D eigenvalue weighted by molar-refractivity contribution is 0.0727. The van der Waals surface area contributed by atoms with E-state index in [9.17, 15) is 4.79 Å². The molecule has 0 radical (unpaired) electrons. The molecule has 0 N–H and O–H groups in total. The predicted octanol–water partition coefficient (Wildman–Crippen LogP) is 3.24. The van der Waals surface area contributed by atoms with Crippen molar-refractivity contribution >= 4 is 40.4 Å². The van der Waals surface area contributed by atoms with Gasteiger partial charge >= 0.3 is 0 Å². The van der Waals surface area contributed by atoms with Crippen molar-refractivity contribution in [3.05, 3.63) is 21.3 Å². The maximum absolute atomic E-state index is 12.0. The molecule has 1 unspecified atom stereocenters. The van der Waals surface area contributed by atoms with E-state index in [0.717, 1.165) is 19.4 Å². The number of likely N-dealkylation sites (tertiary alicyclic amines) is 1. The zero-order chi connectivity index (χ0) is 10.8. The van der Waals surface area contributed by atoms with Crippen LogP contribution in [0.4, 0.5) is 0 Å². The van der Waals surface area contributed by atoms with Crippen LogP contribution < -0.4 is 0 Å². The number of carbonyl (C=O) groups is 1. The van der Waals surface area contributed by atoms with Gasteiger partial charge in [0.15, 0.2) is 0 Å². The molecule has 15 heavy (non-hydrogen) atoms. The van der Waals surface area contributed by atoms with Crippen LogP contribution in [0.25, 0.3) is 0 Å². The van der Waals surface area contributed by atoms with Gasteiger partial charge in [0.25, 0.3) is 5.91 Å². The number of thiophene rings is 1. The number of rotatable bonds is 1. The van der Waals surface area contributed by atoms with Gasteiger partial charge in [0.1, 0.15) is 0 Å². The van der Waals surface area contributed by atoms with Crippen molar-refractivity contribution in [3.8, 4) is 0 Å². The smallest absolute Gasteiger partial charge is 0.254 e. The summed E-state index contributed by atoms with van der Waals surface area (Å²) in [5.41, 5.74) is 0.677. The fraction of sp³-hybridized carbons (Fsp3) is 0.500. The molecule has 2 heterocycles. The normalized spacial score (nSPS) is 21.7. The molecule has 0 aromatic carbocycles. The molecule has 1 aliphatic heterocycles. The van der Waals surface area contributed by atoms with Crippen LogP contribution >= 0.6 is 34.5 Å². The molecule has 1 aliphatic rings. The average Bonchev–Trinajstić information content (AvgIpc) is 2.64. The number of halogens is 2. The van der Waals surface area contributed by atoms with Gasteiger partial charge in [-0.2, -0.15) is 0 Å². The van der Waals surface area contributed by atoms with Gasteiger partial charge in [-0.3, -0.25) is 4.79 Å². The van der Waals surface area contributed by atoms with Gasteiger partial charge in [0, 0.05) is 18.5 Å². The van der Waals surface area contributed by atoms with Crippen molar-refractivity contribution < 1.29 is 4.79 Å². The van der Waals surface area contributed by atoms with E-state index in [1.165, 1.54) is 11.3 Å². The van der Waals surface area contributed by atoms with Gasteiger partial charge in [-0.05, 0) is 18.9 Å². The molecule has 1 fully saturated rings. The van der Waals surface area contributed by atoms with Crippen LogP contribution in [0.15, 0.2) is 11.4 Å². The molecular weight excluding hydrogens is 253 g/mol. The lowest BCUT2D eigenvalue weighted by atomic mass is 10.1. The fourth-order valence-corrected chi connectivity index (χ4v) is 2.89.